The SMILES string of the molecule is Cn1c(C(F)(F)F)cc(=O)n(-c2cc(N=C=O)c(Br)cc2F)c1=O. The molecule has 1 heterocycles. The largest absolute Gasteiger partial charge is 0.431 e. The molecule has 0 aliphatic heterocycles. The molecule has 1 aromatic carbocycles. The van der Waals surface area contributed by atoms with Gasteiger partial charge in [-0.25, -0.2) is 18.5 Å². The van der Waals surface area contributed by atoms with Gasteiger partial charge in [0.15, 0.2) is 0 Å². The fourth-order valence-corrected chi connectivity index (χ4v) is 2.36. The van der Waals surface area contributed by atoms with Gasteiger partial charge in [0.05, 0.1) is 11.4 Å². The molecule has 0 saturated carbocycles. The molecule has 0 N–H and O–H groups in total. The van der Waals surface area contributed by atoms with E-state index < -0.39 is 34.6 Å². The molecule has 0 amide bonds. The zero-order chi connectivity index (χ0) is 18.2. The first-order valence-electron chi connectivity index (χ1n) is 6.05. The van der Waals surface area contributed by atoms with Gasteiger partial charge in [-0.15, -0.1) is 0 Å². The van der Waals surface area contributed by atoms with Crippen LogP contribution in [0.3, 0.4) is 0 Å². The molecular formula is C13H6BrF4N3O3. The van der Waals surface area contributed by atoms with E-state index in [1.165, 1.54) is 6.08 Å². The van der Waals surface area contributed by atoms with Crippen LogP contribution in [0.25, 0.3) is 5.69 Å². The van der Waals surface area contributed by atoms with E-state index >= 15 is 0 Å². The van der Waals surface area contributed by atoms with Gasteiger partial charge < -0.3 is 0 Å². The van der Waals surface area contributed by atoms with Crippen LogP contribution in [-0.4, -0.2) is 15.2 Å². The smallest absolute Gasteiger partial charge is 0.292 e. The lowest BCUT2D eigenvalue weighted by molar-refractivity contribution is -0.144. The lowest BCUT2D eigenvalue weighted by Gasteiger charge is -2.14. The van der Waals surface area contributed by atoms with Crippen molar-refractivity contribution in [2.24, 2.45) is 12.0 Å². The molecule has 0 unspecified atom stereocenters. The third-order valence-electron chi connectivity index (χ3n) is 3.03. The summed E-state index contributed by atoms with van der Waals surface area (Å²) in [4.78, 5) is 37.6. The Kier molecular flexibility index (Phi) is 4.59. The normalized spacial score (nSPS) is 11.2. The fraction of sp³-hybridized carbons (Fsp3) is 0.154. The monoisotopic (exact) mass is 407 g/mol. The third kappa shape index (κ3) is 3.08. The highest BCUT2D eigenvalue weighted by Crippen LogP contribution is 2.30. The van der Waals surface area contributed by atoms with Crippen LogP contribution in [0.15, 0.2) is 37.3 Å². The molecule has 6 nitrogen and oxygen atoms in total. The Morgan fingerprint density at radius 2 is 1.83 bits per heavy atom. The molecule has 0 aliphatic carbocycles. The maximum atomic E-state index is 14.1. The molecule has 0 saturated heterocycles. The summed E-state index contributed by atoms with van der Waals surface area (Å²) in [5.74, 6) is -1.08. The number of benzene rings is 1. The molecule has 0 bridgehead atoms. The minimum Gasteiger partial charge on any atom is -0.292 e. The number of hydrogen-bond acceptors (Lipinski definition) is 4. The van der Waals surface area contributed by atoms with Crippen LogP contribution < -0.4 is 11.2 Å². The van der Waals surface area contributed by atoms with Gasteiger partial charge in [-0.3, -0.25) is 9.36 Å². The number of hydrogen-bond donors (Lipinski definition) is 0. The second-order valence-corrected chi connectivity index (χ2v) is 5.36. The molecule has 0 fully saturated rings. The minimum absolute atomic E-state index is 0.0314. The van der Waals surface area contributed by atoms with E-state index in [9.17, 15) is 31.9 Å². The number of aromatic nitrogens is 2. The van der Waals surface area contributed by atoms with Gasteiger partial charge in [0.2, 0.25) is 6.08 Å². The Hall–Kier alpha value is -2.52. The third-order valence-corrected chi connectivity index (χ3v) is 3.67. The van der Waals surface area contributed by atoms with E-state index in [4.69, 9.17) is 0 Å². The van der Waals surface area contributed by atoms with E-state index in [0.717, 1.165) is 19.2 Å². The van der Waals surface area contributed by atoms with E-state index in [-0.39, 0.29) is 25.4 Å². The second-order valence-electron chi connectivity index (χ2n) is 4.50. The quantitative estimate of drug-likeness (QED) is 0.436. The van der Waals surface area contributed by atoms with Crippen molar-refractivity contribution in [3.8, 4) is 5.69 Å². The summed E-state index contributed by atoms with van der Waals surface area (Å²) in [7, 11) is 0.794. The number of halogens is 5. The van der Waals surface area contributed by atoms with Crippen LogP contribution in [0.2, 0.25) is 0 Å². The highest BCUT2D eigenvalue weighted by molar-refractivity contribution is 9.10. The molecule has 2 aromatic rings. The topological polar surface area (TPSA) is 73.4 Å². The van der Waals surface area contributed by atoms with Gasteiger partial charge in [0.25, 0.3) is 5.56 Å². The van der Waals surface area contributed by atoms with Gasteiger partial charge in [-0.05, 0) is 28.1 Å². The summed E-state index contributed by atoms with van der Waals surface area (Å²) in [6, 6.07) is 1.85. The fourth-order valence-electron chi connectivity index (χ4n) is 1.95. The summed E-state index contributed by atoms with van der Waals surface area (Å²) in [6.07, 6.45) is -3.74. The van der Waals surface area contributed by atoms with Gasteiger partial charge in [-0.1, -0.05) is 0 Å². The van der Waals surface area contributed by atoms with Crippen molar-refractivity contribution in [3.63, 3.8) is 0 Å². The van der Waals surface area contributed by atoms with Crippen molar-refractivity contribution in [1.82, 2.24) is 9.13 Å². The lowest BCUT2D eigenvalue weighted by atomic mass is 10.2. The van der Waals surface area contributed by atoms with E-state index in [1.54, 1.807) is 0 Å². The Morgan fingerprint density at radius 3 is 2.38 bits per heavy atom. The summed E-state index contributed by atoms with van der Waals surface area (Å²) in [5, 5.41) is 0. The molecule has 1 aromatic heterocycles. The molecule has 0 aliphatic rings. The second kappa shape index (κ2) is 6.17. The molecule has 2 rings (SSSR count). The highest BCUT2D eigenvalue weighted by atomic mass is 79.9. The van der Waals surface area contributed by atoms with Crippen LogP contribution in [0.1, 0.15) is 5.69 Å². The van der Waals surface area contributed by atoms with Gasteiger partial charge in [0.1, 0.15) is 11.5 Å². The lowest BCUT2D eigenvalue weighted by Crippen LogP contribution is -2.41. The van der Waals surface area contributed by atoms with Crippen LogP contribution in [0, 0.1) is 5.82 Å². The summed E-state index contributed by atoms with van der Waals surface area (Å²) >= 11 is 2.91. The van der Waals surface area contributed by atoms with Crippen LogP contribution in [0.4, 0.5) is 23.2 Å². The summed E-state index contributed by atoms with van der Waals surface area (Å²) < 4.78 is 52.9. The van der Waals surface area contributed by atoms with Gasteiger partial charge >= 0.3 is 11.9 Å². The maximum Gasteiger partial charge on any atom is 0.431 e. The molecular weight excluding hydrogens is 402 g/mol. The Balaban J connectivity index is 2.87. The number of alkyl halides is 3. The summed E-state index contributed by atoms with van der Waals surface area (Å²) in [5.41, 5.74) is -5.07. The number of isocyanates is 1. The molecule has 0 atom stereocenters. The Labute approximate surface area is 138 Å². The Bertz CT molecular complexity index is 988. The van der Waals surface area contributed by atoms with E-state index in [0.29, 0.717) is 0 Å². The molecule has 24 heavy (non-hydrogen) atoms. The predicted molar refractivity (Wildman–Crippen MR) is 77.7 cm³/mol. The summed E-state index contributed by atoms with van der Waals surface area (Å²) in [6.45, 7) is 0. The minimum atomic E-state index is -4.93. The molecule has 126 valence electrons. The van der Waals surface area contributed by atoms with Crippen molar-refractivity contribution < 1.29 is 22.4 Å². The first kappa shape index (κ1) is 17.8. The van der Waals surface area contributed by atoms with Crippen LogP contribution in [0.5, 0.6) is 0 Å². The predicted octanol–water partition coefficient (Wildman–Crippen LogP) is 2.42. The average molecular weight is 408 g/mol. The van der Waals surface area contributed by atoms with Crippen LogP contribution in [-0.2, 0) is 18.0 Å². The molecule has 0 spiro atoms. The zero-order valence-electron chi connectivity index (χ0n) is 11.7. The van der Waals surface area contributed by atoms with Gasteiger partial charge in [0, 0.05) is 17.6 Å². The molecule has 0 radical (unpaired) electrons. The number of rotatable bonds is 2. The number of carbonyl (C=O) groups excluding carboxylic acids is 1. The first-order chi connectivity index (χ1) is 11.1. The van der Waals surface area contributed by atoms with Crippen molar-refractivity contribution in [2.45, 2.75) is 6.18 Å². The maximum absolute atomic E-state index is 14.1. The van der Waals surface area contributed by atoms with Crippen LogP contribution >= 0.6 is 15.9 Å². The Morgan fingerprint density at radius 1 is 1.21 bits per heavy atom. The van der Waals surface area contributed by atoms with Crippen molar-refractivity contribution >= 4 is 27.7 Å². The molecule has 11 heteroatoms. The van der Waals surface area contributed by atoms with Crippen molar-refractivity contribution in [3.05, 3.63) is 55.0 Å². The zero-order valence-corrected chi connectivity index (χ0v) is 13.3. The van der Waals surface area contributed by atoms with Crippen molar-refractivity contribution in [2.75, 3.05) is 0 Å². The van der Waals surface area contributed by atoms with E-state index in [1.807, 2.05) is 0 Å². The number of nitrogens with zero attached hydrogens (tertiary/aromatic N) is 3. The van der Waals surface area contributed by atoms with Crippen molar-refractivity contribution in [1.29, 1.82) is 0 Å². The van der Waals surface area contributed by atoms with Gasteiger partial charge in [-0.2, -0.15) is 18.2 Å². The average Bonchev–Trinajstić information content (AvgIpc) is 2.46. The standard InChI is InChI=1S/C13H6BrF4N3O3/c1-20-10(13(16,17)18)4-11(23)21(12(20)24)9-3-8(19-5-22)6(14)2-7(9)15/h2-4H,1H3. The number of aliphatic imine (C=N–C) groups is 1. The van der Waals surface area contributed by atoms with E-state index in [2.05, 4.69) is 20.9 Å². The first-order valence-corrected chi connectivity index (χ1v) is 6.84. The highest BCUT2D eigenvalue weighted by Gasteiger charge is 2.35.